The molecule has 0 saturated carbocycles. The van der Waals surface area contributed by atoms with Crippen LogP contribution in [0.3, 0.4) is 0 Å². The van der Waals surface area contributed by atoms with Crippen molar-refractivity contribution in [2.24, 2.45) is 0 Å². The lowest BCUT2D eigenvalue weighted by molar-refractivity contribution is -0.137. The first-order chi connectivity index (χ1) is 9.61. The molecule has 2 N–H and O–H groups in total. The minimum atomic E-state index is -0.408. The SMILES string of the molecule is CCOC(=O)C=Cc1cc(-n2ncnn2)cc(C)c1N. The third kappa shape index (κ3) is 3.00. The highest BCUT2D eigenvalue weighted by molar-refractivity contribution is 5.88. The highest BCUT2D eigenvalue weighted by Gasteiger charge is 2.07. The molecule has 0 unspecified atom stereocenters. The van der Waals surface area contributed by atoms with Gasteiger partial charge in [-0.1, -0.05) is 0 Å². The summed E-state index contributed by atoms with van der Waals surface area (Å²) in [7, 11) is 0. The number of anilines is 1. The molecule has 0 fully saturated rings. The number of rotatable bonds is 4. The van der Waals surface area contributed by atoms with Crippen LogP contribution in [0.2, 0.25) is 0 Å². The van der Waals surface area contributed by atoms with Crippen LogP contribution in [0.15, 0.2) is 24.5 Å². The molecule has 7 heteroatoms. The molecule has 7 nitrogen and oxygen atoms in total. The van der Waals surface area contributed by atoms with E-state index in [4.69, 9.17) is 10.5 Å². The normalized spacial score (nSPS) is 10.9. The lowest BCUT2D eigenvalue weighted by Crippen LogP contribution is -2.03. The predicted molar refractivity (Wildman–Crippen MR) is 74.0 cm³/mol. The average Bonchev–Trinajstić information content (AvgIpc) is 2.94. The number of ether oxygens (including phenoxy) is 1. The number of carbonyl (C=O) groups excluding carboxylic acids is 1. The number of nitrogens with two attached hydrogens (primary N) is 1. The predicted octanol–water partition coefficient (Wildman–Crippen LogP) is 1.13. The van der Waals surface area contributed by atoms with Crippen LogP contribution in [0, 0.1) is 6.92 Å². The number of nitrogens with zero attached hydrogens (tertiary/aromatic N) is 4. The molecular weight excluding hydrogens is 258 g/mol. The Morgan fingerprint density at radius 3 is 2.95 bits per heavy atom. The number of tetrazole rings is 1. The lowest BCUT2D eigenvalue weighted by atomic mass is 10.1. The van der Waals surface area contributed by atoms with E-state index in [1.807, 2.05) is 13.0 Å². The third-order valence-corrected chi connectivity index (χ3v) is 2.67. The Hall–Kier alpha value is -2.70. The molecule has 1 aromatic carbocycles. The number of esters is 1. The van der Waals surface area contributed by atoms with Gasteiger partial charge >= 0.3 is 5.97 Å². The van der Waals surface area contributed by atoms with E-state index in [2.05, 4.69) is 15.4 Å². The van der Waals surface area contributed by atoms with Gasteiger partial charge in [-0.2, -0.15) is 0 Å². The van der Waals surface area contributed by atoms with Crippen molar-refractivity contribution in [3.8, 4) is 5.69 Å². The average molecular weight is 273 g/mol. The molecule has 1 aromatic heterocycles. The molecule has 0 saturated heterocycles. The number of hydrogen-bond donors (Lipinski definition) is 1. The molecule has 0 aliphatic heterocycles. The van der Waals surface area contributed by atoms with Gasteiger partial charge in [0.05, 0.1) is 12.3 Å². The minimum Gasteiger partial charge on any atom is -0.463 e. The topological polar surface area (TPSA) is 95.9 Å². The van der Waals surface area contributed by atoms with E-state index in [1.165, 1.54) is 17.2 Å². The molecule has 104 valence electrons. The van der Waals surface area contributed by atoms with Gasteiger partial charge in [0.2, 0.25) is 0 Å². The standard InChI is InChI=1S/C13H15N5O2/c1-3-20-12(19)5-4-10-7-11(6-9(2)13(10)14)18-16-8-15-17-18/h4-8H,3,14H2,1-2H3. The maximum absolute atomic E-state index is 11.3. The summed E-state index contributed by atoms with van der Waals surface area (Å²) >= 11 is 0. The maximum atomic E-state index is 11.3. The number of aromatic nitrogens is 4. The molecule has 0 aliphatic rings. The highest BCUT2D eigenvalue weighted by atomic mass is 16.5. The zero-order chi connectivity index (χ0) is 14.5. The van der Waals surface area contributed by atoms with E-state index in [0.717, 1.165) is 11.3 Å². The summed E-state index contributed by atoms with van der Waals surface area (Å²) < 4.78 is 4.83. The van der Waals surface area contributed by atoms with Crippen molar-refractivity contribution in [2.75, 3.05) is 12.3 Å². The molecule has 1 heterocycles. The summed E-state index contributed by atoms with van der Waals surface area (Å²) in [5.74, 6) is -0.408. The fourth-order valence-corrected chi connectivity index (χ4v) is 1.69. The molecule has 0 atom stereocenters. The quantitative estimate of drug-likeness (QED) is 0.509. The molecule has 0 bridgehead atoms. The van der Waals surface area contributed by atoms with Crippen LogP contribution in [-0.4, -0.2) is 32.8 Å². The van der Waals surface area contributed by atoms with Gasteiger partial charge in [-0.25, -0.2) is 4.79 Å². The summed E-state index contributed by atoms with van der Waals surface area (Å²) in [6.07, 6.45) is 4.30. The first kappa shape index (κ1) is 13.7. The molecule has 0 radical (unpaired) electrons. The van der Waals surface area contributed by atoms with Crippen LogP contribution in [0.5, 0.6) is 0 Å². The fourth-order valence-electron chi connectivity index (χ4n) is 1.69. The number of nitrogen functional groups attached to an aromatic ring is 1. The first-order valence-electron chi connectivity index (χ1n) is 6.10. The largest absolute Gasteiger partial charge is 0.463 e. The zero-order valence-electron chi connectivity index (χ0n) is 11.3. The second-order valence-corrected chi connectivity index (χ2v) is 4.08. The second kappa shape index (κ2) is 5.96. The van der Waals surface area contributed by atoms with Gasteiger partial charge in [0.15, 0.2) is 6.33 Å². The van der Waals surface area contributed by atoms with Gasteiger partial charge in [0.25, 0.3) is 0 Å². The van der Waals surface area contributed by atoms with Gasteiger partial charge in [-0.3, -0.25) is 0 Å². The summed E-state index contributed by atoms with van der Waals surface area (Å²) in [4.78, 5) is 12.7. The summed E-state index contributed by atoms with van der Waals surface area (Å²) in [6.45, 7) is 3.96. The van der Waals surface area contributed by atoms with Crippen molar-refractivity contribution in [3.63, 3.8) is 0 Å². The molecule has 20 heavy (non-hydrogen) atoms. The Bertz CT molecular complexity index is 634. The Balaban J connectivity index is 2.35. The smallest absolute Gasteiger partial charge is 0.330 e. The van der Waals surface area contributed by atoms with E-state index < -0.39 is 5.97 Å². The Kier molecular flexibility index (Phi) is 4.09. The van der Waals surface area contributed by atoms with E-state index in [-0.39, 0.29) is 0 Å². The molecule has 2 aromatic rings. The summed E-state index contributed by atoms with van der Waals surface area (Å²) in [6, 6.07) is 3.62. The Morgan fingerprint density at radius 2 is 2.30 bits per heavy atom. The van der Waals surface area contributed by atoms with Crippen LogP contribution in [0.25, 0.3) is 11.8 Å². The second-order valence-electron chi connectivity index (χ2n) is 4.08. The molecule has 0 amide bonds. The van der Waals surface area contributed by atoms with Crippen LogP contribution >= 0.6 is 0 Å². The van der Waals surface area contributed by atoms with Crippen molar-refractivity contribution in [1.29, 1.82) is 0 Å². The molecule has 0 aliphatic carbocycles. The van der Waals surface area contributed by atoms with Gasteiger partial charge in [-0.05, 0) is 42.8 Å². The van der Waals surface area contributed by atoms with Crippen molar-refractivity contribution in [1.82, 2.24) is 20.2 Å². The highest BCUT2D eigenvalue weighted by Crippen LogP contribution is 2.22. The monoisotopic (exact) mass is 273 g/mol. The maximum Gasteiger partial charge on any atom is 0.330 e. The number of carbonyl (C=O) groups is 1. The fraction of sp³-hybridized carbons (Fsp3) is 0.231. The molecule has 2 rings (SSSR count). The van der Waals surface area contributed by atoms with Crippen molar-refractivity contribution in [3.05, 3.63) is 35.7 Å². The van der Waals surface area contributed by atoms with E-state index in [0.29, 0.717) is 17.9 Å². The number of hydrogen-bond acceptors (Lipinski definition) is 6. The van der Waals surface area contributed by atoms with Crippen molar-refractivity contribution < 1.29 is 9.53 Å². The van der Waals surface area contributed by atoms with Gasteiger partial charge < -0.3 is 10.5 Å². The Morgan fingerprint density at radius 1 is 1.50 bits per heavy atom. The molecule has 0 spiro atoms. The summed E-state index contributed by atoms with van der Waals surface area (Å²) in [5, 5.41) is 11.4. The zero-order valence-corrected chi connectivity index (χ0v) is 11.3. The van der Waals surface area contributed by atoms with Crippen molar-refractivity contribution >= 4 is 17.7 Å². The summed E-state index contributed by atoms with van der Waals surface area (Å²) in [5.41, 5.74) is 8.87. The Labute approximate surface area is 116 Å². The number of aryl methyl sites for hydroxylation is 1. The number of benzene rings is 1. The third-order valence-electron chi connectivity index (χ3n) is 2.67. The van der Waals surface area contributed by atoms with Crippen LogP contribution in [0.4, 0.5) is 5.69 Å². The van der Waals surface area contributed by atoms with Gasteiger partial charge in [0.1, 0.15) is 0 Å². The van der Waals surface area contributed by atoms with Crippen LogP contribution in [0.1, 0.15) is 18.1 Å². The van der Waals surface area contributed by atoms with E-state index >= 15 is 0 Å². The van der Waals surface area contributed by atoms with Crippen LogP contribution in [-0.2, 0) is 9.53 Å². The van der Waals surface area contributed by atoms with Crippen LogP contribution < -0.4 is 5.73 Å². The molecular formula is C13H15N5O2. The van der Waals surface area contributed by atoms with Gasteiger partial charge in [0, 0.05) is 17.3 Å². The minimum absolute atomic E-state index is 0.334. The first-order valence-corrected chi connectivity index (χ1v) is 6.10. The lowest BCUT2D eigenvalue weighted by Gasteiger charge is -2.08. The van der Waals surface area contributed by atoms with Crippen molar-refractivity contribution in [2.45, 2.75) is 13.8 Å². The van der Waals surface area contributed by atoms with E-state index in [1.54, 1.807) is 19.1 Å². The van der Waals surface area contributed by atoms with Gasteiger partial charge in [-0.15, -0.1) is 15.0 Å². The van der Waals surface area contributed by atoms with E-state index in [9.17, 15) is 4.79 Å².